The Balaban J connectivity index is 2.29. The van der Waals surface area contributed by atoms with E-state index in [-0.39, 0.29) is 30.1 Å². The normalized spacial score (nSPS) is 10.4. The van der Waals surface area contributed by atoms with Crippen LogP contribution in [0, 0.1) is 0 Å². The second-order valence-electron chi connectivity index (χ2n) is 4.57. The van der Waals surface area contributed by atoms with Gasteiger partial charge in [0.1, 0.15) is 0 Å². The third-order valence-corrected chi connectivity index (χ3v) is 2.43. The highest BCUT2D eigenvalue weighted by Gasteiger charge is 2.13. The summed E-state index contributed by atoms with van der Waals surface area (Å²) in [5.74, 6) is -1.44. The molecule has 21 heavy (non-hydrogen) atoms. The molecule has 0 unspecified atom stereocenters. The van der Waals surface area contributed by atoms with E-state index in [1.807, 2.05) is 13.8 Å². The summed E-state index contributed by atoms with van der Waals surface area (Å²) in [6, 6.07) is 3.00. The Bertz CT molecular complexity index is 476. The molecule has 0 aliphatic heterocycles. The van der Waals surface area contributed by atoms with Crippen LogP contribution < -0.4 is 10.1 Å². The number of carbonyl (C=O) groups is 2. The van der Waals surface area contributed by atoms with Crippen LogP contribution in [0.3, 0.4) is 0 Å². The smallest absolute Gasteiger partial charge is 0.358 e. The standard InChI is InChI=1S/C14H20N2O5/c1-10(2)20-8-4-7-15-12(17)9-21-11-5-3-6-16-13(11)14(18)19/h3,5-6,10H,4,7-9H2,1-2H3,(H,15,17)(H,18,19). The summed E-state index contributed by atoms with van der Waals surface area (Å²) in [5, 5.41) is 11.6. The van der Waals surface area contributed by atoms with E-state index in [2.05, 4.69) is 10.3 Å². The third-order valence-electron chi connectivity index (χ3n) is 2.43. The van der Waals surface area contributed by atoms with Crippen LogP contribution in [0.1, 0.15) is 30.8 Å². The van der Waals surface area contributed by atoms with E-state index in [1.54, 1.807) is 6.07 Å². The molecule has 0 saturated carbocycles. The van der Waals surface area contributed by atoms with Crippen LogP contribution in [-0.4, -0.2) is 47.8 Å². The second kappa shape index (κ2) is 8.91. The lowest BCUT2D eigenvalue weighted by Crippen LogP contribution is -2.30. The summed E-state index contributed by atoms with van der Waals surface area (Å²) in [5.41, 5.74) is -0.212. The number of hydrogen-bond donors (Lipinski definition) is 2. The Hall–Kier alpha value is -2.15. The maximum Gasteiger partial charge on any atom is 0.358 e. The third kappa shape index (κ3) is 6.71. The van der Waals surface area contributed by atoms with Crippen molar-refractivity contribution >= 4 is 11.9 Å². The van der Waals surface area contributed by atoms with Gasteiger partial charge in [-0.15, -0.1) is 0 Å². The number of carbonyl (C=O) groups excluding carboxylic acids is 1. The molecule has 116 valence electrons. The summed E-state index contributed by atoms with van der Waals surface area (Å²) >= 11 is 0. The molecule has 1 rings (SSSR count). The van der Waals surface area contributed by atoms with Gasteiger partial charge in [0.05, 0.1) is 6.10 Å². The van der Waals surface area contributed by atoms with Crippen molar-refractivity contribution in [1.82, 2.24) is 10.3 Å². The molecule has 1 heterocycles. The van der Waals surface area contributed by atoms with E-state index < -0.39 is 5.97 Å². The van der Waals surface area contributed by atoms with E-state index in [0.29, 0.717) is 19.6 Å². The first-order valence-electron chi connectivity index (χ1n) is 6.70. The van der Waals surface area contributed by atoms with E-state index in [1.165, 1.54) is 12.3 Å². The van der Waals surface area contributed by atoms with Gasteiger partial charge in [-0.1, -0.05) is 0 Å². The Morgan fingerprint density at radius 2 is 2.19 bits per heavy atom. The lowest BCUT2D eigenvalue weighted by atomic mass is 10.3. The zero-order valence-electron chi connectivity index (χ0n) is 12.2. The Labute approximate surface area is 123 Å². The molecule has 1 amide bonds. The van der Waals surface area contributed by atoms with Crippen LogP contribution in [0.15, 0.2) is 18.3 Å². The van der Waals surface area contributed by atoms with Crippen molar-refractivity contribution in [2.45, 2.75) is 26.4 Å². The Kier molecular flexibility index (Phi) is 7.17. The molecule has 0 atom stereocenters. The summed E-state index contributed by atoms with van der Waals surface area (Å²) in [4.78, 5) is 26.1. The van der Waals surface area contributed by atoms with E-state index >= 15 is 0 Å². The molecule has 0 saturated heterocycles. The summed E-state index contributed by atoms with van der Waals surface area (Å²) in [7, 11) is 0. The van der Waals surface area contributed by atoms with Gasteiger partial charge >= 0.3 is 5.97 Å². The van der Waals surface area contributed by atoms with Gasteiger partial charge in [0.15, 0.2) is 18.1 Å². The predicted molar refractivity (Wildman–Crippen MR) is 75.4 cm³/mol. The monoisotopic (exact) mass is 296 g/mol. The average molecular weight is 296 g/mol. The molecule has 2 N–H and O–H groups in total. The number of ether oxygens (including phenoxy) is 2. The molecule has 0 aliphatic rings. The molecule has 0 spiro atoms. The summed E-state index contributed by atoms with van der Waals surface area (Å²) < 4.78 is 10.5. The number of aromatic carboxylic acids is 1. The molecule has 7 heteroatoms. The molecule has 1 aromatic heterocycles. The molecular weight excluding hydrogens is 276 g/mol. The molecule has 0 bridgehead atoms. The van der Waals surface area contributed by atoms with Crippen molar-refractivity contribution in [3.05, 3.63) is 24.0 Å². The number of carboxylic acids is 1. The first kappa shape index (κ1) is 16.9. The Morgan fingerprint density at radius 3 is 2.86 bits per heavy atom. The van der Waals surface area contributed by atoms with Gasteiger partial charge in [-0.25, -0.2) is 9.78 Å². The lowest BCUT2D eigenvalue weighted by molar-refractivity contribution is -0.123. The summed E-state index contributed by atoms with van der Waals surface area (Å²) in [6.45, 7) is 4.69. The topological polar surface area (TPSA) is 97.8 Å². The molecule has 7 nitrogen and oxygen atoms in total. The second-order valence-corrected chi connectivity index (χ2v) is 4.57. The minimum Gasteiger partial charge on any atom is -0.481 e. The van der Waals surface area contributed by atoms with Gasteiger partial charge in [-0.05, 0) is 32.4 Å². The van der Waals surface area contributed by atoms with Crippen molar-refractivity contribution in [2.24, 2.45) is 0 Å². The highest BCUT2D eigenvalue weighted by molar-refractivity contribution is 5.88. The van der Waals surface area contributed by atoms with Gasteiger partial charge in [-0.2, -0.15) is 0 Å². The maximum atomic E-state index is 11.5. The number of aromatic nitrogens is 1. The number of nitrogens with one attached hydrogen (secondary N) is 1. The van der Waals surface area contributed by atoms with Crippen LogP contribution in [0.25, 0.3) is 0 Å². The highest BCUT2D eigenvalue weighted by atomic mass is 16.5. The van der Waals surface area contributed by atoms with Crippen molar-refractivity contribution in [2.75, 3.05) is 19.8 Å². The van der Waals surface area contributed by atoms with Crippen molar-refractivity contribution in [3.8, 4) is 5.75 Å². The average Bonchev–Trinajstić information content (AvgIpc) is 2.44. The zero-order valence-corrected chi connectivity index (χ0v) is 12.2. The van der Waals surface area contributed by atoms with Gasteiger partial charge < -0.3 is 19.9 Å². The van der Waals surface area contributed by atoms with E-state index in [9.17, 15) is 9.59 Å². The largest absolute Gasteiger partial charge is 0.481 e. The molecule has 0 aromatic carbocycles. The van der Waals surface area contributed by atoms with Gasteiger partial charge in [0, 0.05) is 19.3 Å². The van der Waals surface area contributed by atoms with Crippen molar-refractivity contribution < 1.29 is 24.2 Å². The fourth-order valence-corrected chi connectivity index (χ4v) is 1.48. The van der Waals surface area contributed by atoms with Gasteiger partial charge in [0.25, 0.3) is 5.91 Å². The number of carboxylic acid groups (broad SMARTS) is 1. The first-order chi connectivity index (χ1) is 10.0. The van der Waals surface area contributed by atoms with Crippen LogP contribution in [0.4, 0.5) is 0 Å². The molecule has 0 fully saturated rings. The van der Waals surface area contributed by atoms with Gasteiger partial charge in [0.2, 0.25) is 0 Å². The molecule has 1 aromatic rings. The number of nitrogens with zero attached hydrogens (tertiary/aromatic N) is 1. The van der Waals surface area contributed by atoms with E-state index in [0.717, 1.165) is 0 Å². The van der Waals surface area contributed by atoms with Crippen LogP contribution in [-0.2, 0) is 9.53 Å². The first-order valence-corrected chi connectivity index (χ1v) is 6.70. The number of hydrogen-bond acceptors (Lipinski definition) is 5. The Morgan fingerprint density at radius 1 is 1.43 bits per heavy atom. The molecule has 0 aliphatic carbocycles. The van der Waals surface area contributed by atoms with Gasteiger partial charge in [-0.3, -0.25) is 4.79 Å². The molecular formula is C14H20N2O5. The minimum absolute atomic E-state index is 0.0725. The number of pyridine rings is 1. The van der Waals surface area contributed by atoms with Crippen molar-refractivity contribution in [1.29, 1.82) is 0 Å². The van der Waals surface area contributed by atoms with Crippen LogP contribution >= 0.6 is 0 Å². The highest BCUT2D eigenvalue weighted by Crippen LogP contribution is 2.14. The van der Waals surface area contributed by atoms with Crippen LogP contribution in [0.5, 0.6) is 5.75 Å². The van der Waals surface area contributed by atoms with Crippen molar-refractivity contribution in [3.63, 3.8) is 0 Å². The lowest BCUT2D eigenvalue weighted by Gasteiger charge is -2.10. The number of amides is 1. The number of rotatable bonds is 9. The minimum atomic E-state index is -1.20. The van der Waals surface area contributed by atoms with Crippen LogP contribution in [0.2, 0.25) is 0 Å². The predicted octanol–water partition coefficient (Wildman–Crippen LogP) is 1.09. The van der Waals surface area contributed by atoms with E-state index in [4.69, 9.17) is 14.6 Å². The maximum absolute atomic E-state index is 11.5. The molecule has 0 radical (unpaired) electrons. The quantitative estimate of drug-likeness (QED) is 0.662. The zero-order chi connectivity index (χ0) is 15.7. The summed E-state index contributed by atoms with van der Waals surface area (Å²) in [6.07, 6.45) is 2.23. The SMILES string of the molecule is CC(C)OCCCNC(=O)COc1cccnc1C(=O)O. The fraction of sp³-hybridized carbons (Fsp3) is 0.500. The fourth-order valence-electron chi connectivity index (χ4n) is 1.48.